The number of hydrogen-bond acceptors (Lipinski definition) is 5. The molecule has 2 saturated heterocycles. The Hall–Kier alpha value is -1.18. The first-order valence-corrected chi connectivity index (χ1v) is 6.62. The third-order valence-electron chi connectivity index (χ3n) is 3.63. The van der Waals surface area contributed by atoms with Gasteiger partial charge in [0.05, 0.1) is 12.6 Å². The Kier molecular flexibility index (Phi) is 4.38. The summed E-state index contributed by atoms with van der Waals surface area (Å²) in [7, 11) is 4.00. The topological polar surface area (TPSA) is 76.1 Å². The highest BCUT2D eigenvalue weighted by molar-refractivity contribution is 6.01. The Morgan fingerprint density at radius 2 is 2.11 bits per heavy atom. The maximum atomic E-state index is 11.5. The van der Waals surface area contributed by atoms with E-state index in [1.54, 1.807) is 0 Å². The van der Waals surface area contributed by atoms with Crippen LogP contribution in [0.3, 0.4) is 0 Å². The standard InChI is InChI=1S/C12H22N4O3/c1-14(2)7-9-5-10(17)8-15(9)3-4-16-11(18)6-13-12(16)19/h9-10,17H,3-8H2,1-2H3,(H,13,19). The van der Waals surface area contributed by atoms with Gasteiger partial charge in [0.1, 0.15) is 0 Å². The molecule has 0 aromatic rings. The molecule has 0 aromatic carbocycles. The molecule has 2 aliphatic heterocycles. The van der Waals surface area contributed by atoms with E-state index in [1.165, 1.54) is 4.90 Å². The molecule has 2 atom stereocenters. The molecule has 19 heavy (non-hydrogen) atoms. The Balaban J connectivity index is 1.86. The fraction of sp³-hybridized carbons (Fsp3) is 0.833. The molecule has 2 heterocycles. The zero-order chi connectivity index (χ0) is 14.0. The van der Waals surface area contributed by atoms with Crippen molar-refractivity contribution in [1.82, 2.24) is 20.0 Å². The highest BCUT2D eigenvalue weighted by Gasteiger charge is 2.33. The van der Waals surface area contributed by atoms with E-state index in [-0.39, 0.29) is 30.6 Å². The number of urea groups is 1. The summed E-state index contributed by atoms with van der Waals surface area (Å²) in [5.41, 5.74) is 0. The molecule has 0 bridgehead atoms. The molecule has 0 aromatic heterocycles. The number of nitrogens with zero attached hydrogens (tertiary/aromatic N) is 3. The number of hydrogen-bond donors (Lipinski definition) is 2. The van der Waals surface area contributed by atoms with Crippen LogP contribution in [0.5, 0.6) is 0 Å². The number of aliphatic hydroxyl groups is 1. The van der Waals surface area contributed by atoms with Gasteiger partial charge >= 0.3 is 6.03 Å². The molecule has 2 unspecified atom stereocenters. The molecule has 0 radical (unpaired) electrons. The minimum absolute atomic E-state index is 0.0998. The van der Waals surface area contributed by atoms with Crippen molar-refractivity contribution < 1.29 is 14.7 Å². The van der Waals surface area contributed by atoms with Crippen molar-refractivity contribution in [3.8, 4) is 0 Å². The average Bonchev–Trinajstić information content (AvgIpc) is 2.80. The van der Waals surface area contributed by atoms with E-state index < -0.39 is 0 Å². The van der Waals surface area contributed by atoms with E-state index in [4.69, 9.17) is 0 Å². The van der Waals surface area contributed by atoms with Crippen LogP contribution in [0.2, 0.25) is 0 Å². The first kappa shape index (κ1) is 14.2. The van der Waals surface area contributed by atoms with Gasteiger partial charge < -0.3 is 15.3 Å². The second-order valence-electron chi connectivity index (χ2n) is 5.50. The highest BCUT2D eigenvalue weighted by Crippen LogP contribution is 2.18. The first-order valence-electron chi connectivity index (χ1n) is 6.62. The molecule has 2 aliphatic rings. The van der Waals surface area contributed by atoms with Gasteiger partial charge in [-0.1, -0.05) is 0 Å². The SMILES string of the molecule is CN(C)CC1CC(O)CN1CCN1C(=O)CNC1=O. The number of likely N-dealkylation sites (N-methyl/N-ethyl adjacent to an activating group) is 1. The Morgan fingerprint density at radius 3 is 2.68 bits per heavy atom. The van der Waals surface area contributed by atoms with E-state index in [0.29, 0.717) is 19.6 Å². The number of imide groups is 1. The zero-order valence-corrected chi connectivity index (χ0v) is 11.5. The van der Waals surface area contributed by atoms with Crippen molar-refractivity contribution in [2.75, 3.05) is 46.8 Å². The minimum atomic E-state index is -0.312. The maximum absolute atomic E-state index is 11.5. The average molecular weight is 270 g/mol. The van der Waals surface area contributed by atoms with E-state index in [1.807, 2.05) is 14.1 Å². The van der Waals surface area contributed by atoms with Gasteiger partial charge in [0, 0.05) is 32.2 Å². The van der Waals surface area contributed by atoms with E-state index in [0.717, 1.165) is 13.0 Å². The molecular formula is C12H22N4O3. The lowest BCUT2D eigenvalue weighted by molar-refractivity contribution is -0.125. The summed E-state index contributed by atoms with van der Waals surface area (Å²) in [5, 5.41) is 12.3. The van der Waals surface area contributed by atoms with Gasteiger partial charge in [0.25, 0.3) is 0 Å². The van der Waals surface area contributed by atoms with E-state index in [9.17, 15) is 14.7 Å². The second-order valence-corrected chi connectivity index (χ2v) is 5.50. The van der Waals surface area contributed by atoms with Crippen LogP contribution in [0.1, 0.15) is 6.42 Å². The second kappa shape index (κ2) is 5.85. The number of carbonyl (C=O) groups excluding carboxylic acids is 2. The Bertz CT molecular complexity index is 345. The quantitative estimate of drug-likeness (QED) is 0.597. The van der Waals surface area contributed by atoms with Gasteiger partial charge in [0.2, 0.25) is 5.91 Å². The normalized spacial score (nSPS) is 28.5. The molecule has 0 spiro atoms. The van der Waals surface area contributed by atoms with Crippen molar-refractivity contribution in [2.24, 2.45) is 0 Å². The van der Waals surface area contributed by atoms with Crippen LogP contribution in [0.4, 0.5) is 4.79 Å². The minimum Gasteiger partial charge on any atom is -0.392 e. The molecular weight excluding hydrogens is 248 g/mol. The number of amides is 3. The fourth-order valence-corrected chi connectivity index (χ4v) is 2.75. The fourth-order valence-electron chi connectivity index (χ4n) is 2.75. The summed E-state index contributed by atoms with van der Waals surface area (Å²) in [6.07, 6.45) is 0.436. The summed E-state index contributed by atoms with van der Waals surface area (Å²) < 4.78 is 0. The number of aliphatic hydroxyl groups excluding tert-OH is 1. The first-order chi connectivity index (χ1) is 8.97. The van der Waals surface area contributed by atoms with Crippen molar-refractivity contribution in [2.45, 2.75) is 18.6 Å². The van der Waals surface area contributed by atoms with Crippen LogP contribution in [0.15, 0.2) is 0 Å². The summed E-state index contributed by atoms with van der Waals surface area (Å²) >= 11 is 0. The highest BCUT2D eigenvalue weighted by atomic mass is 16.3. The van der Waals surface area contributed by atoms with Gasteiger partial charge in [-0.05, 0) is 20.5 Å². The lowest BCUT2D eigenvalue weighted by Crippen LogP contribution is -2.43. The lowest BCUT2D eigenvalue weighted by Gasteiger charge is -2.27. The molecule has 0 saturated carbocycles. The monoisotopic (exact) mass is 270 g/mol. The molecule has 7 nitrogen and oxygen atoms in total. The lowest BCUT2D eigenvalue weighted by atomic mass is 10.2. The Labute approximate surface area is 113 Å². The number of likely N-dealkylation sites (tertiary alicyclic amines) is 1. The van der Waals surface area contributed by atoms with E-state index >= 15 is 0 Å². The third-order valence-corrected chi connectivity index (χ3v) is 3.63. The predicted molar refractivity (Wildman–Crippen MR) is 69.7 cm³/mol. The van der Waals surface area contributed by atoms with Crippen LogP contribution >= 0.6 is 0 Å². The predicted octanol–water partition coefficient (Wildman–Crippen LogP) is -1.46. The summed E-state index contributed by atoms with van der Waals surface area (Å²) in [6, 6.07) is -0.0281. The summed E-state index contributed by atoms with van der Waals surface area (Å²) in [4.78, 5) is 28.4. The van der Waals surface area contributed by atoms with Crippen LogP contribution in [-0.2, 0) is 4.79 Å². The van der Waals surface area contributed by atoms with E-state index in [2.05, 4.69) is 15.1 Å². The molecule has 2 rings (SSSR count). The Morgan fingerprint density at radius 1 is 1.37 bits per heavy atom. The molecule has 7 heteroatoms. The van der Waals surface area contributed by atoms with Crippen LogP contribution in [-0.4, -0.2) is 90.7 Å². The number of carbonyl (C=O) groups is 2. The maximum Gasteiger partial charge on any atom is 0.324 e. The van der Waals surface area contributed by atoms with Crippen LogP contribution < -0.4 is 5.32 Å². The third kappa shape index (κ3) is 3.43. The molecule has 3 amide bonds. The smallest absolute Gasteiger partial charge is 0.324 e. The number of rotatable bonds is 5. The van der Waals surface area contributed by atoms with Gasteiger partial charge in [0.15, 0.2) is 0 Å². The van der Waals surface area contributed by atoms with Gasteiger partial charge in [-0.15, -0.1) is 0 Å². The molecule has 0 aliphatic carbocycles. The van der Waals surface area contributed by atoms with Crippen LogP contribution in [0, 0.1) is 0 Å². The van der Waals surface area contributed by atoms with Crippen LogP contribution in [0.25, 0.3) is 0 Å². The molecule has 108 valence electrons. The van der Waals surface area contributed by atoms with Crippen molar-refractivity contribution in [1.29, 1.82) is 0 Å². The van der Waals surface area contributed by atoms with Gasteiger partial charge in [-0.25, -0.2) is 4.79 Å². The molecule has 2 N–H and O–H groups in total. The van der Waals surface area contributed by atoms with Gasteiger partial charge in [-0.3, -0.25) is 14.6 Å². The number of nitrogens with one attached hydrogen (secondary N) is 1. The number of β-amino-alcohol motifs (C(OH)–C–C–N with tert-alkyl or cyclic N) is 1. The molecule has 2 fully saturated rings. The van der Waals surface area contributed by atoms with Crippen molar-refractivity contribution in [3.63, 3.8) is 0 Å². The van der Waals surface area contributed by atoms with Crippen molar-refractivity contribution in [3.05, 3.63) is 0 Å². The summed E-state index contributed by atoms with van der Waals surface area (Å²) in [6.45, 7) is 2.60. The van der Waals surface area contributed by atoms with Gasteiger partial charge in [-0.2, -0.15) is 0 Å². The largest absolute Gasteiger partial charge is 0.392 e. The van der Waals surface area contributed by atoms with Crippen molar-refractivity contribution >= 4 is 11.9 Å². The summed E-state index contributed by atoms with van der Waals surface area (Å²) in [5.74, 6) is -0.172. The zero-order valence-electron chi connectivity index (χ0n) is 11.5.